The van der Waals surface area contributed by atoms with Crippen LogP contribution in [0.5, 0.6) is 5.75 Å². The number of carbonyl (C=O) groups is 1. The van der Waals surface area contributed by atoms with Gasteiger partial charge in [-0.1, -0.05) is 15.9 Å². The Balaban J connectivity index is 3.22. The number of alkyl halides is 1. The largest absolute Gasteiger partial charge is 0.333 e. The van der Waals surface area contributed by atoms with Crippen LogP contribution in [0.3, 0.4) is 0 Å². The Morgan fingerprint density at radius 1 is 1.60 bits per heavy atom. The van der Waals surface area contributed by atoms with Crippen molar-refractivity contribution in [1.29, 1.82) is 0 Å². The highest BCUT2D eigenvalue weighted by atomic mass is 79.9. The molecule has 0 spiro atoms. The van der Waals surface area contributed by atoms with Crippen LogP contribution in [0.15, 0.2) is 18.2 Å². The van der Waals surface area contributed by atoms with Gasteiger partial charge in [0.25, 0.3) is 0 Å². The number of ketones is 1. The zero-order valence-corrected chi connectivity index (χ0v) is 8.93. The smallest absolute Gasteiger partial charge is 0.315 e. The van der Waals surface area contributed by atoms with Crippen LogP contribution in [0.4, 0.5) is 5.69 Å². The third-order valence-electron chi connectivity index (χ3n) is 1.70. The lowest BCUT2D eigenvalue weighted by Gasteiger charge is -2.01. The topological polar surface area (TPSA) is 89.7 Å². The molecule has 0 radical (unpaired) electrons. The van der Waals surface area contributed by atoms with Gasteiger partial charge in [0.1, 0.15) is 0 Å². The molecule has 0 bridgehead atoms. The second-order valence-electron chi connectivity index (χ2n) is 2.59. The minimum absolute atomic E-state index is 0.0729. The predicted octanol–water partition coefficient (Wildman–Crippen LogP) is 2.02. The Morgan fingerprint density at radius 3 is 2.73 bits per heavy atom. The predicted molar refractivity (Wildman–Crippen MR) is 54.5 cm³/mol. The van der Waals surface area contributed by atoms with E-state index in [0.29, 0.717) is 0 Å². The lowest BCUT2D eigenvalue weighted by Crippen LogP contribution is -2.02. The molecular weight excluding hydrogens is 270 g/mol. The third kappa shape index (κ3) is 2.51. The SMILES string of the molecule is O=C(CBr)c1ccc(OO)c([N+](=O)[O-])c1. The average Bonchev–Trinajstić information content (AvgIpc) is 2.27. The minimum Gasteiger partial charge on any atom is -0.333 e. The fraction of sp³-hybridized carbons (Fsp3) is 0.125. The first-order chi connectivity index (χ1) is 7.10. The summed E-state index contributed by atoms with van der Waals surface area (Å²) in [5, 5.41) is 19.0. The molecule has 7 heteroatoms. The lowest BCUT2D eigenvalue weighted by molar-refractivity contribution is -0.387. The van der Waals surface area contributed by atoms with Crippen molar-refractivity contribution in [3.63, 3.8) is 0 Å². The number of halogens is 1. The van der Waals surface area contributed by atoms with Gasteiger partial charge >= 0.3 is 5.69 Å². The maximum atomic E-state index is 11.2. The molecule has 80 valence electrons. The molecular formula is C8H6BrNO5. The zero-order valence-electron chi connectivity index (χ0n) is 7.34. The monoisotopic (exact) mass is 275 g/mol. The molecule has 0 saturated heterocycles. The van der Waals surface area contributed by atoms with E-state index in [-0.39, 0.29) is 22.4 Å². The molecule has 15 heavy (non-hydrogen) atoms. The van der Waals surface area contributed by atoms with Crippen LogP contribution in [0, 0.1) is 10.1 Å². The van der Waals surface area contributed by atoms with E-state index in [1.165, 1.54) is 6.07 Å². The Bertz CT molecular complexity index is 406. The van der Waals surface area contributed by atoms with Gasteiger partial charge < -0.3 is 4.89 Å². The molecule has 0 aliphatic heterocycles. The summed E-state index contributed by atoms with van der Waals surface area (Å²) in [6.45, 7) is 0. The average molecular weight is 276 g/mol. The molecule has 0 unspecified atom stereocenters. The van der Waals surface area contributed by atoms with Crippen molar-refractivity contribution in [2.75, 3.05) is 5.33 Å². The van der Waals surface area contributed by atoms with E-state index in [2.05, 4.69) is 20.8 Å². The summed E-state index contributed by atoms with van der Waals surface area (Å²) in [6, 6.07) is 3.55. The van der Waals surface area contributed by atoms with Crippen LogP contribution in [0.25, 0.3) is 0 Å². The molecule has 0 saturated carbocycles. The number of Topliss-reactive ketones (excluding diaryl/α,β-unsaturated/α-hetero) is 1. The van der Waals surface area contributed by atoms with Gasteiger partial charge in [-0.3, -0.25) is 14.9 Å². The summed E-state index contributed by atoms with van der Waals surface area (Å²) in [7, 11) is 0. The molecule has 0 fully saturated rings. The Hall–Kier alpha value is -1.47. The number of rotatable bonds is 4. The summed E-state index contributed by atoms with van der Waals surface area (Å²) >= 11 is 2.95. The standard InChI is InChI=1S/C8H6BrNO5/c9-4-7(11)5-1-2-8(15-14)6(3-5)10(12)13/h1-3,14H,4H2. The van der Waals surface area contributed by atoms with E-state index in [1.807, 2.05) is 0 Å². The second-order valence-corrected chi connectivity index (χ2v) is 3.15. The normalized spacial score (nSPS) is 9.73. The number of nitrogens with zero attached hydrogens (tertiary/aromatic N) is 1. The van der Waals surface area contributed by atoms with Gasteiger partial charge in [-0.05, 0) is 12.1 Å². The van der Waals surface area contributed by atoms with Crippen LogP contribution >= 0.6 is 15.9 Å². The molecule has 0 aliphatic rings. The summed E-state index contributed by atoms with van der Waals surface area (Å²) in [5.41, 5.74) is -0.274. The van der Waals surface area contributed by atoms with E-state index >= 15 is 0 Å². The number of hydrogen-bond donors (Lipinski definition) is 1. The minimum atomic E-state index is -0.740. The van der Waals surface area contributed by atoms with Gasteiger partial charge in [-0.25, -0.2) is 5.26 Å². The Morgan fingerprint density at radius 2 is 2.27 bits per heavy atom. The molecule has 1 rings (SSSR count). The molecule has 0 aliphatic carbocycles. The molecule has 0 atom stereocenters. The van der Waals surface area contributed by atoms with E-state index in [9.17, 15) is 14.9 Å². The molecule has 1 N–H and O–H groups in total. The maximum absolute atomic E-state index is 11.2. The van der Waals surface area contributed by atoms with Gasteiger partial charge in [0.05, 0.1) is 10.3 Å². The number of nitro benzene ring substituents is 1. The van der Waals surface area contributed by atoms with Gasteiger partial charge in [0.15, 0.2) is 5.78 Å². The van der Waals surface area contributed by atoms with E-state index < -0.39 is 10.6 Å². The lowest BCUT2D eigenvalue weighted by atomic mass is 10.1. The third-order valence-corrected chi connectivity index (χ3v) is 2.21. The second kappa shape index (κ2) is 4.85. The van der Waals surface area contributed by atoms with E-state index in [0.717, 1.165) is 12.1 Å². The summed E-state index contributed by atoms with van der Waals surface area (Å²) < 4.78 is 0. The summed E-state index contributed by atoms with van der Waals surface area (Å²) in [4.78, 5) is 24.8. The quantitative estimate of drug-likeness (QED) is 0.299. The van der Waals surface area contributed by atoms with Crippen molar-refractivity contribution in [2.45, 2.75) is 0 Å². The van der Waals surface area contributed by atoms with Crippen LogP contribution in [0.2, 0.25) is 0 Å². The molecule has 0 aromatic heterocycles. The van der Waals surface area contributed by atoms with E-state index in [1.54, 1.807) is 0 Å². The van der Waals surface area contributed by atoms with E-state index in [4.69, 9.17) is 5.26 Å². The van der Waals surface area contributed by atoms with Crippen molar-refractivity contribution < 1.29 is 19.9 Å². The van der Waals surface area contributed by atoms with Crippen molar-refractivity contribution in [3.8, 4) is 5.75 Å². The van der Waals surface area contributed by atoms with Crippen LogP contribution in [-0.2, 0) is 0 Å². The van der Waals surface area contributed by atoms with Gasteiger partial charge in [0, 0.05) is 11.6 Å². The molecule has 0 heterocycles. The molecule has 6 nitrogen and oxygen atoms in total. The van der Waals surface area contributed by atoms with Gasteiger partial charge in [0.2, 0.25) is 5.75 Å². The highest BCUT2D eigenvalue weighted by Crippen LogP contribution is 2.27. The zero-order chi connectivity index (χ0) is 11.4. The fourth-order valence-electron chi connectivity index (χ4n) is 0.988. The Kier molecular flexibility index (Phi) is 3.75. The van der Waals surface area contributed by atoms with Crippen LogP contribution < -0.4 is 4.89 Å². The van der Waals surface area contributed by atoms with Gasteiger partial charge in [-0.15, -0.1) is 0 Å². The van der Waals surface area contributed by atoms with Crippen LogP contribution in [-0.4, -0.2) is 21.3 Å². The highest BCUT2D eigenvalue weighted by Gasteiger charge is 2.18. The number of benzene rings is 1. The fourth-order valence-corrected chi connectivity index (χ4v) is 1.31. The summed E-state index contributed by atoms with van der Waals surface area (Å²) in [6.07, 6.45) is 0. The number of carbonyl (C=O) groups excluding carboxylic acids is 1. The highest BCUT2D eigenvalue weighted by molar-refractivity contribution is 9.09. The summed E-state index contributed by atoms with van der Waals surface area (Å²) in [5.74, 6) is -0.589. The molecule has 1 aromatic rings. The maximum Gasteiger partial charge on any atom is 0.315 e. The molecule has 0 amide bonds. The van der Waals surface area contributed by atoms with Crippen molar-refractivity contribution >= 4 is 27.4 Å². The van der Waals surface area contributed by atoms with Gasteiger partial charge in [-0.2, -0.15) is 0 Å². The first-order valence-corrected chi connectivity index (χ1v) is 4.91. The first kappa shape index (κ1) is 11.6. The van der Waals surface area contributed by atoms with Crippen molar-refractivity contribution in [3.05, 3.63) is 33.9 Å². The first-order valence-electron chi connectivity index (χ1n) is 3.79. The number of nitro groups is 1. The van der Waals surface area contributed by atoms with Crippen LogP contribution in [0.1, 0.15) is 10.4 Å². The van der Waals surface area contributed by atoms with Crippen molar-refractivity contribution in [2.24, 2.45) is 0 Å². The van der Waals surface area contributed by atoms with Crippen molar-refractivity contribution in [1.82, 2.24) is 0 Å². The number of hydrogen-bond acceptors (Lipinski definition) is 5. The molecule has 1 aromatic carbocycles. The Labute approximate surface area is 92.7 Å².